The Bertz CT molecular complexity index is 642. The monoisotopic (exact) mass is 229 g/mol. The zero-order valence-corrected chi connectivity index (χ0v) is 8.74. The predicted octanol–water partition coefficient (Wildman–Crippen LogP) is 0.582. The Morgan fingerprint density at radius 3 is 3.29 bits per heavy atom. The van der Waals surface area contributed by atoms with E-state index in [1.165, 1.54) is 0 Å². The van der Waals surface area contributed by atoms with Crippen LogP contribution in [0.1, 0.15) is 5.76 Å². The van der Waals surface area contributed by atoms with Gasteiger partial charge < -0.3 is 4.42 Å². The number of furan rings is 1. The Morgan fingerprint density at radius 1 is 1.41 bits per heavy atom. The average Bonchev–Trinajstić information content (AvgIpc) is 2.98. The first kappa shape index (κ1) is 9.52. The van der Waals surface area contributed by atoms with Crippen molar-refractivity contribution < 1.29 is 8.93 Å². The van der Waals surface area contributed by atoms with Gasteiger partial charge in [-0.2, -0.15) is 5.10 Å². The molecule has 0 atom stereocenters. The highest BCUT2D eigenvalue weighted by molar-refractivity contribution is 5.76. The van der Waals surface area contributed by atoms with Crippen molar-refractivity contribution in [3.63, 3.8) is 0 Å². The maximum atomic E-state index is 5.10. The Hall–Kier alpha value is -2.70. The van der Waals surface area contributed by atoms with Crippen LogP contribution in [-0.2, 0) is 0 Å². The van der Waals surface area contributed by atoms with Gasteiger partial charge in [0, 0.05) is 11.2 Å². The quantitative estimate of drug-likeness (QED) is 0.391. The number of fused-ring (bicyclic) bond motifs is 1. The van der Waals surface area contributed by atoms with E-state index in [-0.39, 0.29) is 0 Å². The van der Waals surface area contributed by atoms with E-state index in [1.807, 2.05) is 12.1 Å². The van der Waals surface area contributed by atoms with E-state index in [9.17, 15) is 0 Å². The Morgan fingerprint density at radius 2 is 2.41 bits per heavy atom. The molecule has 3 aromatic heterocycles. The lowest BCUT2D eigenvalue weighted by molar-refractivity contribution is -0.579. The van der Waals surface area contributed by atoms with Crippen LogP contribution in [0.5, 0.6) is 0 Å². The molecule has 17 heavy (non-hydrogen) atoms. The first-order valence-corrected chi connectivity index (χ1v) is 4.97. The third-order valence-electron chi connectivity index (χ3n) is 2.11. The fourth-order valence-electron chi connectivity index (χ4n) is 1.35. The molecule has 0 aromatic carbocycles. The van der Waals surface area contributed by atoms with Crippen molar-refractivity contribution in [1.82, 2.24) is 15.3 Å². The molecule has 0 saturated heterocycles. The normalized spacial score (nSPS) is 11.3. The molecule has 0 aliphatic carbocycles. The van der Waals surface area contributed by atoms with Crippen molar-refractivity contribution in [2.24, 2.45) is 5.10 Å². The number of hydrogen-bond acceptors (Lipinski definition) is 5. The van der Waals surface area contributed by atoms with Gasteiger partial charge in [-0.05, 0) is 18.2 Å². The molecule has 0 unspecified atom stereocenters. The van der Waals surface area contributed by atoms with Gasteiger partial charge in [-0.3, -0.25) is 5.43 Å². The van der Waals surface area contributed by atoms with Gasteiger partial charge in [0.2, 0.25) is 6.33 Å². The van der Waals surface area contributed by atoms with E-state index < -0.39 is 0 Å². The lowest BCUT2D eigenvalue weighted by Crippen LogP contribution is -2.24. The number of nitrogens with zero attached hydrogens (tertiary/aromatic N) is 4. The highest BCUT2D eigenvalue weighted by Gasteiger charge is 2.04. The SMILES string of the molecule is C(=NNc1ccc2n[nH]c[n+]2n1)c1ccco1. The predicted molar refractivity (Wildman–Crippen MR) is 59.5 cm³/mol. The third-order valence-corrected chi connectivity index (χ3v) is 2.11. The smallest absolute Gasteiger partial charge is 0.325 e. The summed E-state index contributed by atoms with van der Waals surface area (Å²) < 4.78 is 6.72. The van der Waals surface area contributed by atoms with Crippen LogP contribution < -0.4 is 9.94 Å². The second-order valence-electron chi connectivity index (χ2n) is 3.28. The largest absolute Gasteiger partial charge is 0.463 e. The highest BCUT2D eigenvalue weighted by Crippen LogP contribution is 2.00. The van der Waals surface area contributed by atoms with Gasteiger partial charge in [0.1, 0.15) is 5.76 Å². The number of hydrogen-bond donors (Lipinski definition) is 2. The summed E-state index contributed by atoms with van der Waals surface area (Å²) in [5.74, 6) is 1.29. The number of aromatic nitrogens is 4. The molecule has 0 fully saturated rings. The summed E-state index contributed by atoms with van der Waals surface area (Å²) in [6.45, 7) is 0. The van der Waals surface area contributed by atoms with E-state index in [2.05, 4.69) is 25.8 Å². The Balaban J connectivity index is 1.76. The van der Waals surface area contributed by atoms with Gasteiger partial charge in [-0.25, -0.2) is 0 Å². The van der Waals surface area contributed by atoms with Crippen molar-refractivity contribution in [3.05, 3.63) is 42.6 Å². The lowest BCUT2D eigenvalue weighted by atomic mass is 10.5. The first-order valence-electron chi connectivity index (χ1n) is 4.97. The number of rotatable bonds is 3. The molecule has 0 radical (unpaired) electrons. The van der Waals surface area contributed by atoms with E-state index >= 15 is 0 Å². The minimum absolute atomic E-state index is 0.617. The van der Waals surface area contributed by atoms with E-state index in [0.717, 1.165) is 5.65 Å². The summed E-state index contributed by atoms with van der Waals surface area (Å²) in [6, 6.07) is 7.23. The summed E-state index contributed by atoms with van der Waals surface area (Å²) in [5, 5.41) is 14.9. The number of hydrazone groups is 1. The number of nitrogens with one attached hydrogen (secondary N) is 2. The van der Waals surface area contributed by atoms with E-state index in [1.54, 1.807) is 35.5 Å². The third kappa shape index (κ3) is 1.98. The maximum Gasteiger partial charge on any atom is 0.325 e. The molecule has 0 spiro atoms. The zero-order valence-electron chi connectivity index (χ0n) is 8.74. The molecule has 0 saturated carbocycles. The van der Waals surface area contributed by atoms with Crippen LogP contribution in [0.25, 0.3) is 5.65 Å². The van der Waals surface area contributed by atoms with Crippen molar-refractivity contribution in [1.29, 1.82) is 0 Å². The molecule has 7 nitrogen and oxygen atoms in total. The van der Waals surface area contributed by atoms with Gasteiger partial charge in [0.25, 0.3) is 0 Å². The minimum Gasteiger partial charge on any atom is -0.463 e. The second kappa shape index (κ2) is 4.05. The summed E-state index contributed by atoms with van der Waals surface area (Å²) in [6.07, 6.45) is 4.82. The molecule has 3 aromatic rings. The summed E-state index contributed by atoms with van der Waals surface area (Å²) in [7, 11) is 0. The van der Waals surface area contributed by atoms with Crippen LogP contribution in [0.4, 0.5) is 5.82 Å². The molecule has 84 valence electrons. The molecule has 0 aliphatic rings. The van der Waals surface area contributed by atoms with Gasteiger partial charge in [0.15, 0.2) is 5.82 Å². The molecule has 0 bridgehead atoms. The van der Waals surface area contributed by atoms with Gasteiger partial charge in [-0.15, -0.1) is 9.61 Å². The van der Waals surface area contributed by atoms with Crippen LogP contribution in [-0.4, -0.2) is 21.5 Å². The fraction of sp³-hybridized carbons (Fsp3) is 0. The van der Waals surface area contributed by atoms with Crippen LogP contribution in [0.15, 0.2) is 46.4 Å². The molecule has 3 heterocycles. The first-order chi connectivity index (χ1) is 8.42. The van der Waals surface area contributed by atoms with Gasteiger partial charge >= 0.3 is 5.65 Å². The van der Waals surface area contributed by atoms with Crippen LogP contribution in [0.3, 0.4) is 0 Å². The molecule has 3 rings (SSSR count). The molecular weight excluding hydrogens is 220 g/mol. The fourth-order valence-corrected chi connectivity index (χ4v) is 1.35. The number of H-pyrrole nitrogens is 1. The average molecular weight is 229 g/mol. The van der Waals surface area contributed by atoms with Crippen molar-refractivity contribution in [2.45, 2.75) is 0 Å². The zero-order chi connectivity index (χ0) is 11.5. The highest BCUT2D eigenvalue weighted by atomic mass is 16.3. The van der Waals surface area contributed by atoms with Gasteiger partial charge in [-0.1, -0.05) is 5.10 Å². The molecule has 2 N–H and O–H groups in total. The molecule has 7 heteroatoms. The molecule has 0 amide bonds. The topological polar surface area (TPSA) is 83.2 Å². The lowest BCUT2D eigenvalue weighted by Gasteiger charge is -1.95. The Labute approximate surface area is 95.8 Å². The molecule has 0 aliphatic heterocycles. The molecular formula is C10H9N6O+. The number of aromatic amines is 1. The van der Waals surface area contributed by atoms with Gasteiger partial charge in [0.05, 0.1) is 12.5 Å². The van der Waals surface area contributed by atoms with Crippen LogP contribution in [0.2, 0.25) is 0 Å². The van der Waals surface area contributed by atoms with E-state index in [0.29, 0.717) is 11.6 Å². The summed E-state index contributed by atoms with van der Waals surface area (Å²) in [4.78, 5) is 0. The minimum atomic E-state index is 0.617. The summed E-state index contributed by atoms with van der Waals surface area (Å²) >= 11 is 0. The van der Waals surface area contributed by atoms with Crippen LogP contribution in [0, 0.1) is 0 Å². The van der Waals surface area contributed by atoms with Crippen LogP contribution >= 0.6 is 0 Å². The standard InChI is InChI=1S/C10H8N6O/c1-2-8(17-5-1)6-11-13-9-3-4-10-14-12-7-16(10)15-9/h1-7H,(H,13,15)/p+1. The van der Waals surface area contributed by atoms with Crippen molar-refractivity contribution in [2.75, 3.05) is 5.43 Å². The van der Waals surface area contributed by atoms with E-state index in [4.69, 9.17) is 4.42 Å². The Kier molecular flexibility index (Phi) is 2.27. The maximum absolute atomic E-state index is 5.10. The van der Waals surface area contributed by atoms with Crippen molar-refractivity contribution in [3.8, 4) is 0 Å². The van der Waals surface area contributed by atoms with Crippen molar-refractivity contribution >= 4 is 17.7 Å². The summed E-state index contributed by atoms with van der Waals surface area (Å²) in [5.41, 5.74) is 3.54. The number of anilines is 1. The second-order valence-corrected chi connectivity index (χ2v) is 3.28.